The molecule has 568 valence electrons. The van der Waals surface area contributed by atoms with E-state index < -0.39 is 23.0 Å². The second-order valence-corrected chi connectivity index (χ2v) is 38.6. The Morgan fingerprint density at radius 1 is 0.417 bits per heavy atom. The van der Waals surface area contributed by atoms with E-state index in [-0.39, 0.29) is 128 Å². The lowest BCUT2D eigenvalue weighted by Crippen LogP contribution is -2.56. The molecule has 0 saturated carbocycles. The molecule has 1 heterocycles. The zero-order valence-electron chi connectivity index (χ0n) is 69.3. The van der Waals surface area contributed by atoms with Crippen molar-refractivity contribution in [1.29, 1.82) is 0 Å². The predicted octanol–water partition coefficient (Wildman–Crippen LogP) is 16.2. The molecule has 7 unspecified atom stereocenters. The summed E-state index contributed by atoms with van der Waals surface area (Å²) in [4.78, 5) is 87.6. The second kappa shape index (κ2) is 41.8. The van der Waals surface area contributed by atoms with Crippen molar-refractivity contribution in [2.24, 2.45) is 38.2 Å². The summed E-state index contributed by atoms with van der Waals surface area (Å²) < 4.78 is 0. The van der Waals surface area contributed by atoms with Gasteiger partial charge in [-0.1, -0.05) is 159 Å². The number of aliphatic hydroxyl groups excluding tert-OH is 1. The summed E-state index contributed by atoms with van der Waals surface area (Å²) in [5, 5.41) is 29.9. The Kier molecular flexibility index (Phi) is 45.0. The average molecular weight is 1360 g/mol. The van der Waals surface area contributed by atoms with Crippen molar-refractivity contribution >= 4 is 40.5 Å². The molecule has 1 aromatic rings. The molecule has 16 nitrogen and oxygen atoms in total. The minimum atomic E-state index is -0.619. The van der Waals surface area contributed by atoms with Crippen LogP contribution in [0.15, 0.2) is 30.6 Å². The monoisotopic (exact) mass is 1360 g/mol. The SMILES string of the molecule is C.C=C(N)CCC(NC(C)(C)C)C(=O)C(C)(C)C.CC(=O)CC(NC(C)(C)C)C(=O)C(C)(C)C.CC(C)(C)NC(Cc1ccc[nH]1)C(=O)C(C)(C)C.CCC(NC(C)(C)C)C(=O)C(C)(C)C.CCC(NC(C)(C)C)C(=O)C(C)(C)C.CCC(O)C(NC(C)(C)C)C(=O)C(C)(C)C. The van der Waals surface area contributed by atoms with E-state index in [0.717, 1.165) is 18.5 Å². The maximum atomic E-state index is 12.5. The molecule has 0 aliphatic heterocycles. The molecule has 1 rings (SSSR count). The molecular weight excluding hydrogens is 1200 g/mol. The van der Waals surface area contributed by atoms with Gasteiger partial charge in [-0.15, -0.1) is 0 Å². The van der Waals surface area contributed by atoms with Gasteiger partial charge in [0.25, 0.3) is 0 Å². The number of nitrogens with two attached hydrogens (primary N) is 1. The van der Waals surface area contributed by atoms with Gasteiger partial charge in [-0.2, -0.15) is 0 Å². The summed E-state index contributed by atoms with van der Waals surface area (Å²) in [7, 11) is 0. The first-order chi connectivity index (χ1) is 41.6. The molecule has 0 aromatic carbocycles. The Bertz CT molecular complexity index is 2380. The van der Waals surface area contributed by atoms with E-state index in [1.165, 1.54) is 6.92 Å². The van der Waals surface area contributed by atoms with Crippen LogP contribution in [0.1, 0.15) is 329 Å². The van der Waals surface area contributed by atoms with Crippen molar-refractivity contribution in [2.45, 2.75) is 405 Å². The van der Waals surface area contributed by atoms with Crippen molar-refractivity contribution in [2.75, 3.05) is 0 Å². The number of nitrogens with one attached hydrogen (secondary N) is 7. The molecule has 0 radical (unpaired) electrons. The Morgan fingerprint density at radius 3 is 0.917 bits per heavy atom. The molecule has 0 fully saturated rings. The van der Waals surface area contributed by atoms with Crippen LogP contribution >= 0.6 is 0 Å². The Hall–Kier alpha value is -3.77. The largest absolute Gasteiger partial charge is 0.403 e. The van der Waals surface area contributed by atoms with E-state index in [1.807, 2.05) is 205 Å². The maximum absolute atomic E-state index is 12.5. The number of aromatic amines is 1. The van der Waals surface area contributed by atoms with Gasteiger partial charge in [0.2, 0.25) is 0 Å². The van der Waals surface area contributed by atoms with Gasteiger partial charge in [-0.05, 0) is 176 Å². The number of H-pyrrole nitrogens is 1. The third-order valence-corrected chi connectivity index (χ3v) is 13.9. The fourth-order valence-corrected chi connectivity index (χ4v) is 9.46. The van der Waals surface area contributed by atoms with E-state index in [0.29, 0.717) is 42.9 Å². The summed E-state index contributed by atoms with van der Waals surface area (Å²) in [6.07, 6.45) is 5.93. The molecule has 1 aromatic heterocycles. The van der Waals surface area contributed by atoms with Gasteiger partial charge < -0.3 is 47.7 Å². The van der Waals surface area contributed by atoms with Crippen molar-refractivity contribution in [3.8, 4) is 0 Å². The maximum Gasteiger partial charge on any atom is 0.157 e. The fraction of sp³-hybridized carbons (Fsp3) is 0.838. The van der Waals surface area contributed by atoms with Crippen LogP contribution in [0.5, 0.6) is 0 Å². The van der Waals surface area contributed by atoms with Crippen LogP contribution in [-0.4, -0.2) is 126 Å². The van der Waals surface area contributed by atoms with E-state index in [2.05, 4.69) is 127 Å². The number of aromatic nitrogens is 1. The number of hydrogen-bond donors (Lipinski definition) is 9. The summed E-state index contributed by atoms with van der Waals surface area (Å²) in [6.45, 7) is 83.1. The third-order valence-electron chi connectivity index (χ3n) is 13.9. The molecule has 7 atom stereocenters. The Morgan fingerprint density at radius 2 is 0.677 bits per heavy atom. The number of ketones is 7. The fourth-order valence-electron chi connectivity index (χ4n) is 9.46. The van der Waals surface area contributed by atoms with Gasteiger partial charge in [0, 0.05) is 96.2 Å². The molecule has 96 heavy (non-hydrogen) atoms. The molecule has 0 aliphatic rings. The number of Topliss-reactive ketones (excluding diaryl/α,β-unsaturated/α-hetero) is 7. The van der Waals surface area contributed by atoms with Crippen molar-refractivity contribution in [3.05, 3.63) is 36.3 Å². The van der Waals surface area contributed by atoms with Crippen LogP contribution in [0.3, 0.4) is 0 Å². The Labute approximate surface area is 592 Å². The quantitative estimate of drug-likeness (QED) is 0.0494. The number of allylic oxidation sites excluding steroid dienone is 1. The topological polar surface area (TPSA) is 254 Å². The molecule has 10 N–H and O–H groups in total. The van der Waals surface area contributed by atoms with Crippen molar-refractivity contribution in [3.63, 3.8) is 0 Å². The minimum Gasteiger partial charge on any atom is -0.403 e. The van der Waals surface area contributed by atoms with Crippen LogP contribution < -0.4 is 37.6 Å². The first-order valence-corrected chi connectivity index (χ1v) is 35.3. The third kappa shape index (κ3) is 53.2. The predicted molar refractivity (Wildman–Crippen MR) is 413 cm³/mol. The van der Waals surface area contributed by atoms with Gasteiger partial charge in [-0.25, -0.2) is 0 Å². The van der Waals surface area contributed by atoms with E-state index in [9.17, 15) is 38.7 Å². The molecule has 16 heteroatoms. The highest BCUT2D eigenvalue weighted by Crippen LogP contribution is 2.26. The van der Waals surface area contributed by atoms with Gasteiger partial charge in [0.1, 0.15) is 5.78 Å². The number of hydrogen-bond acceptors (Lipinski definition) is 15. The van der Waals surface area contributed by atoms with Crippen molar-refractivity contribution < 1.29 is 38.7 Å². The summed E-state index contributed by atoms with van der Waals surface area (Å²) in [5.74, 6) is 1.29. The van der Waals surface area contributed by atoms with E-state index >= 15 is 0 Å². The standard InChI is InChI=1S/C15H26N2O.C14H28N2O.C13H25NO2.C13H27NO2.2C12H25NO.CH4/c1-14(2,3)13(18)12(17-15(4,5)6)10-11-8-7-9-16-11;1-10(15)8-9-11(16-14(5,6)7)12(17)13(2,3)4;1-9(15)8-10(14-13(5,6)7)11(16)12(2,3)4;1-8-9(15)10(14-13(5,6)7)11(16)12(2,3)4;2*1-8-9(13-12(5,6)7)10(14)11(2,3)4;/h7-9,12,16-17H,10H2,1-6H3;11,16H,1,8-9,15H2,2-7H3;10,14H,8H2,1-7H3;9-10,14-15H,8H2,1-7H3;2*9,13H,8H2,1-7H3;1H4. The van der Waals surface area contributed by atoms with Crippen LogP contribution in [-0.2, 0) is 40.0 Å². The average Bonchev–Trinajstić information content (AvgIpc) is 1.04. The lowest BCUT2D eigenvalue weighted by Gasteiger charge is -2.34. The summed E-state index contributed by atoms with van der Waals surface area (Å²) in [5.41, 5.74) is 4.80. The van der Waals surface area contributed by atoms with Gasteiger partial charge >= 0.3 is 0 Å². The normalized spacial score (nSPS) is 15.1. The number of carbonyl (C=O) groups is 7. The highest BCUT2D eigenvalue weighted by Gasteiger charge is 2.38. The zero-order chi connectivity index (χ0) is 77.3. The molecule has 0 spiro atoms. The van der Waals surface area contributed by atoms with Gasteiger partial charge in [0.15, 0.2) is 34.7 Å². The van der Waals surface area contributed by atoms with Crippen LogP contribution in [0, 0.1) is 32.5 Å². The lowest BCUT2D eigenvalue weighted by atomic mass is 9.83. The molecular formula is C80H160N8O8. The summed E-state index contributed by atoms with van der Waals surface area (Å²) in [6, 6.07) is 2.78. The number of carbonyl (C=O) groups excluding carboxylic acids is 7. The van der Waals surface area contributed by atoms with Crippen LogP contribution in [0.4, 0.5) is 0 Å². The number of rotatable bonds is 23. The summed E-state index contributed by atoms with van der Waals surface area (Å²) >= 11 is 0. The van der Waals surface area contributed by atoms with E-state index in [1.54, 1.807) is 0 Å². The second-order valence-electron chi connectivity index (χ2n) is 38.6. The first kappa shape index (κ1) is 103. The van der Waals surface area contributed by atoms with Gasteiger partial charge in [0.05, 0.1) is 42.4 Å². The highest BCUT2D eigenvalue weighted by molar-refractivity contribution is 5.93. The lowest BCUT2D eigenvalue weighted by molar-refractivity contribution is -0.132. The van der Waals surface area contributed by atoms with E-state index in [4.69, 9.17) is 5.73 Å². The molecule has 0 bridgehead atoms. The highest BCUT2D eigenvalue weighted by atomic mass is 16.3. The molecule has 0 amide bonds. The number of aliphatic hydroxyl groups is 1. The molecule has 0 saturated heterocycles. The minimum absolute atomic E-state index is 0. The smallest absolute Gasteiger partial charge is 0.157 e. The van der Waals surface area contributed by atoms with Gasteiger partial charge in [-0.3, -0.25) is 33.6 Å². The van der Waals surface area contributed by atoms with Crippen LogP contribution in [0.2, 0.25) is 0 Å². The first-order valence-electron chi connectivity index (χ1n) is 35.3. The molecule has 0 aliphatic carbocycles. The van der Waals surface area contributed by atoms with Crippen molar-refractivity contribution in [1.82, 2.24) is 36.9 Å². The zero-order valence-corrected chi connectivity index (χ0v) is 69.3. The van der Waals surface area contributed by atoms with Crippen LogP contribution in [0.25, 0.3) is 0 Å². The Balaban J connectivity index is -0.000000253.